The Bertz CT molecular complexity index is 292. The molecule has 0 saturated carbocycles. The third kappa shape index (κ3) is 5.57. The van der Waals surface area contributed by atoms with E-state index >= 15 is 0 Å². The largest absolute Gasteiger partial charge is 0.372 e. The van der Waals surface area contributed by atoms with Gasteiger partial charge in [0.2, 0.25) is 0 Å². The van der Waals surface area contributed by atoms with Crippen LogP contribution in [0.1, 0.15) is 57.9 Å². The van der Waals surface area contributed by atoms with Gasteiger partial charge in [-0.15, -0.1) is 0 Å². The van der Waals surface area contributed by atoms with Gasteiger partial charge in [0.25, 0.3) is 0 Å². The molecule has 0 saturated heterocycles. The molecule has 0 aliphatic carbocycles. The Morgan fingerprint density at radius 3 is 1.72 bits per heavy atom. The molecule has 0 aliphatic heterocycles. The van der Waals surface area contributed by atoms with Gasteiger partial charge in [-0.05, 0) is 31.9 Å². The Hall–Kier alpha value is -0.980. The number of hydrogen-bond acceptors (Lipinski definition) is 1. The fourth-order valence-corrected chi connectivity index (χ4v) is 2.23. The second kappa shape index (κ2) is 9.02. The molecule has 0 unspecified atom stereocenters. The Kier molecular flexibility index (Phi) is 7.55. The van der Waals surface area contributed by atoms with Crippen LogP contribution in [0.4, 0.5) is 5.69 Å². The molecule has 0 fully saturated rings. The average molecular weight is 247 g/mol. The van der Waals surface area contributed by atoms with Crippen molar-refractivity contribution < 1.29 is 0 Å². The first-order valence-corrected chi connectivity index (χ1v) is 7.59. The van der Waals surface area contributed by atoms with Crippen LogP contribution in [0, 0.1) is 6.92 Å². The molecule has 1 aromatic carbocycles. The lowest BCUT2D eigenvalue weighted by atomic mass is 10.1. The van der Waals surface area contributed by atoms with E-state index in [2.05, 4.69) is 49.9 Å². The zero-order chi connectivity index (χ0) is 13.2. The van der Waals surface area contributed by atoms with Crippen LogP contribution in [0.15, 0.2) is 24.3 Å². The van der Waals surface area contributed by atoms with Crippen LogP contribution in [-0.2, 0) is 0 Å². The van der Waals surface area contributed by atoms with Crippen LogP contribution in [0.5, 0.6) is 0 Å². The summed E-state index contributed by atoms with van der Waals surface area (Å²) in [5, 5.41) is 0. The highest BCUT2D eigenvalue weighted by Gasteiger charge is 2.05. The fourth-order valence-electron chi connectivity index (χ4n) is 2.23. The van der Waals surface area contributed by atoms with Crippen molar-refractivity contribution in [3.8, 4) is 0 Å². The quantitative estimate of drug-likeness (QED) is 0.543. The summed E-state index contributed by atoms with van der Waals surface area (Å²) in [6.45, 7) is 9.12. The van der Waals surface area contributed by atoms with E-state index in [1.165, 1.54) is 62.9 Å². The van der Waals surface area contributed by atoms with Crippen LogP contribution < -0.4 is 4.90 Å². The average Bonchev–Trinajstić information content (AvgIpc) is 2.38. The minimum atomic E-state index is 1.21. The van der Waals surface area contributed by atoms with Gasteiger partial charge in [0.1, 0.15) is 0 Å². The Balaban J connectivity index is 2.54. The minimum Gasteiger partial charge on any atom is -0.372 e. The fraction of sp³-hybridized carbons (Fsp3) is 0.647. The van der Waals surface area contributed by atoms with Crippen molar-refractivity contribution >= 4 is 5.69 Å². The van der Waals surface area contributed by atoms with E-state index in [4.69, 9.17) is 0 Å². The van der Waals surface area contributed by atoms with Crippen molar-refractivity contribution in [2.45, 2.75) is 59.3 Å². The summed E-state index contributed by atoms with van der Waals surface area (Å²) in [5.74, 6) is 0. The Morgan fingerprint density at radius 1 is 0.778 bits per heavy atom. The topological polar surface area (TPSA) is 3.24 Å². The first-order valence-electron chi connectivity index (χ1n) is 7.59. The molecule has 0 amide bonds. The Morgan fingerprint density at radius 2 is 1.28 bits per heavy atom. The number of rotatable bonds is 9. The van der Waals surface area contributed by atoms with Crippen molar-refractivity contribution in [3.05, 3.63) is 29.8 Å². The second-order valence-electron chi connectivity index (χ2n) is 5.24. The van der Waals surface area contributed by atoms with E-state index in [0.29, 0.717) is 0 Å². The van der Waals surface area contributed by atoms with Crippen LogP contribution in [0.3, 0.4) is 0 Å². The molecular weight excluding hydrogens is 218 g/mol. The number of hydrogen-bond donors (Lipinski definition) is 0. The van der Waals surface area contributed by atoms with Gasteiger partial charge >= 0.3 is 0 Å². The Labute approximate surface area is 113 Å². The van der Waals surface area contributed by atoms with Crippen molar-refractivity contribution in [2.24, 2.45) is 0 Å². The molecule has 0 aliphatic rings. The van der Waals surface area contributed by atoms with E-state index in [0.717, 1.165) is 0 Å². The smallest absolute Gasteiger partial charge is 0.0366 e. The molecule has 18 heavy (non-hydrogen) atoms. The van der Waals surface area contributed by atoms with E-state index < -0.39 is 0 Å². The van der Waals surface area contributed by atoms with Crippen LogP contribution in [0.25, 0.3) is 0 Å². The molecule has 0 radical (unpaired) electrons. The lowest BCUT2D eigenvalue weighted by molar-refractivity contribution is 0.636. The summed E-state index contributed by atoms with van der Waals surface area (Å²) < 4.78 is 0. The van der Waals surface area contributed by atoms with E-state index in [1.54, 1.807) is 0 Å². The zero-order valence-corrected chi connectivity index (χ0v) is 12.4. The van der Waals surface area contributed by atoms with Gasteiger partial charge in [0, 0.05) is 18.8 Å². The van der Waals surface area contributed by atoms with Gasteiger partial charge in [-0.1, -0.05) is 57.2 Å². The van der Waals surface area contributed by atoms with Gasteiger partial charge in [0.15, 0.2) is 0 Å². The van der Waals surface area contributed by atoms with Crippen LogP contribution in [-0.4, -0.2) is 13.1 Å². The number of anilines is 1. The molecule has 0 bridgehead atoms. The SMILES string of the molecule is CCCCCN(CCCCC)c1ccc(C)cc1. The monoisotopic (exact) mass is 247 g/mol. The maximum absolute atomic E-state index is 2.56. The molecule has 1 heteroatoms. The van der Waals surface area contributed by atoms with E-state index in [1.807, 2.05) is 0 Å². The molecule has 0 N–H and O–H groups in total. The molecule has 1 aromatic rings. The minimum absolute atomic E-state index is 1.21. The standard InChI is InChI=1S/C17H29N/c1-4-6-8-14-18(15-9-7-5-2)17-12-10-16(3)11-13-17/h10-13H,4-9,14-15H2,1-3H3. The van der Waals surface area contributed by atoms with E-state index in [9.17, 15) is 0 Å². The molecule has 102 valence electrons. The predicted molar refractivity (Wildman–Crippen MR) is 82.4 cm³/mol. The van der Waals surface area contributed by atoms with Crippen LogP contribution in [0.2, 0.25) is 0 Å². The number of unbranched alkanes of at least 4 members (excludes halogenated alkanes) is 4. The number of benzene rings is 1. The van der Waals surface area contributed by atoms with Crippen molar-refractivity contribution in [2.75, 3.05) is 18.0 Å². The highest BCUT2D eigenvalue weighted by atomic mass is 15.1. The molecule has 0 spiro atoms. The number of aryl methyl sites for hydroxylation is 1. The highest BCUT2D eigenvalue weighted by molar-refractivity contribution is 5.47. The predicted octanol–water partition coefficient (Wildman–Crippen LogP) is 5.18. The summed E-state index contributed by atoms with van der Waals surface area (Å²) in [6, 6.07) is 8.99. The third-order valence-electron chi connectivity index (χ3n) is 3.46. The first-order chi connectivity index (χ1) is 8.77. The van der Waals surface area contributed by atoms with Gasteiger partial charge in [-0.3, -0.25) is 0 Å². The maximum Gasteiger partial charge on any atom is 0.0366 e. The molecule has 1 nitrogen and oxygen atoms in total. The van der Waals surface area contributed by atoms with Gasteiger partial charge in [0.05, 0.1) is 0 Å². The summed E-state index contributed by atoms with van der Waals surface area (Å²) >= 11 is 0. The molecule has 1 rings (SSSR count). The summed E-state index contributed by atoms with van der Waals surface area (Å²) in [7, 11) is 0. The van der Waals surface area contributed by atoms with Gasteiger partial charge in [-0.2, -0.15) is 0 Å². The summed E-state index contributed by atoms with van der Waals surface area (Å²) in [4.78, 5) is 2.56. The molecule has 0 atom stereocenters. The van der Waals surface area contributed by atoms with Gasteiger partial charge < -0.3 is 4.90 Å². The molecule has 0 heterocycles. The van der Waals surface area contributed by atoms with Gasteiger partial charge in [-0.25, -0.2) is 0 Å². The lowest BCUT2D eigenvalue weighted by Gasteiger charge is -2.25. The van der Waals surface area contributed by atoms with E-state index in [-0.39, 0.29) is 0 Å². The lowest BCUT2D eigenvalue weighted by Crippen LogP contribution is -2.25. The van der Waals surface area contributed by atoms with Crippen molar-refractivity contribution in [1.29, 1.82) is 0 Å². The first kappa shape index (κ1) is 15.1. The zero-order valence-electron chi connectivity index (χ0n) is 12.4. The molecule has 0 aromatic heterocycles. The second-order valence-corrected chi connectivity index (χ2v) is 5.24. The van der Waals surface area contributed by atoms with Crippen molar-refractivity contribution in [3.63, 3.8) is 0 Å². The molecular formula is C17H29N. The maximum atomic E-state index is 2.56. The van der Waals surface area contributed by atoms with Crippen molar-refractivity contribution in [1.82, 2.24) is 0 Å². The normalized spacial score (nSPS) is 10.6. The third-order valence-corrected chi connectivity index (χ3v) is 3.46. The summed E-state index contributed by atoms with van der Waals surface area (Å²) in [5.41, 5.74) is 2.74. The highest BCUT2D eigenvalue weighted by Crippen LogP contribution is 2.17. The number of nitrogens with zero attached hydrogens (tertiary/aromatic N) is 1. The van der Waals surface area contributed by atoms with Crippen LogP contribution >= 0.6 is 0 Å². The summed E-state index contributed by atoms with van der Waals surface area (Å²) in [6.07, 6.45) is 7.92.